The van der Waals surface area contributed by atoms with E-state index in [1.807, 2.05) is 23.6 Å². The van der Waals surface area contributed by atoms with E-state index in [0.29, 0.717) is 31.5 Å². The van der Waals surface area contributed by atoms with Crippen molar-refractivity contribution in [1.29, 1.82) is 0 Å². The molecule has 0 unspecified atom stereocenters. The van der Waals surface area contributed by atoms with Gasteiger partial charge in [0.25, 0.3) is 5.91 Å². The summed E-state index contributed by atoms with van der Waals surface area (Å²) in [7, 11) is 0. The second kappa shape index (κ2) is 8.94. The predicted octanol–water partition coefficient (Wildman–Crippen LogP) is 2.01. The maximum absolute atomic E-state index is 11.7. The Kier molecular flexibility index (Phi) is 6.57. The Morgan fingerprint density at radius 3 is 2.77 bits per heavy atom. The molecule has 2 heterocycles. The quantitative estimate of drug-likeness (QED) is 0.732. The van der Waals surface area contributed by atoms with Crippen LogP contribution in [0.15, 0.2) is 41.2 Å². The Morgan fingerprint density at radius 1 is 1.14 bits per heavy atom. The van der Waals surface area contributed by atoms with Crippen molar-refractivity contribution in [3.8, 4) is 0 Å². The second-order valence-electron chi connectivity index (χ2n) is 4.79. The zero-order valence-corrected chi connectivity index (χ0v) is 13.1. The standard InChI is InChI=1S/C16H19N3O2S/c20-15(18-10-6-14-4-1-2-8-17-14)5-3-9-19-16(21)13-7-11-22-12-13/h1-2,4,7-8,11-12H,3,5-6,9-10H2,(H,18,20)(H,19,21). The van der Waals surface area contributed by atoms with E-state index < -0.39 is 0 Å². The number of aromatic nitrogens is 1. The molecule has 6 heteroatoms. The zero-order valence-electron chi connectivity index (χ0n) is 12.2. The van der Waals surface area contributed by atoms with Crippen LogP contribution in [0.25, 0.3) is 0 Å². The Bertz CT molecular complexity index is 585. The number of hydrogen-bond acceptors (Lipinski definition) is 4. The van der Waals surface area contributed by atoms with E-state index in [1.165, 1.54) is 11.3 Å². The SMILES string of the molecule is O=C(CCCNC(=O)c1ccsc1)NCCc1ccccn1. The Balaban J connectivity index is 1.53. The number of hydrogen-bond donors (Lipinski definition) is 2. The van der Waals surface area contributed by atoms with Gasteiger partial charge in [-0.3, -0.25) is 14.6 Å². The highest BCUT2D eigenvalue weighted by Gasteiger charge is 2.05. The summed E-state index contributed by atoms with van der Waals surface area (Å²) < 4.78 is 0. The van der Waals surface area contributed by atoms with Crippen LogP contribution in [0.4, 0.5) is 0 Å². The molecule has 0 spiro atoms. The number of carbonyl (C=O) groups is 2. The van der Waals surface area contributed by atoms with Crippen LogP contribution in [0, 0.1) is 0 Å². The third kappa shape index (κ3) is 5.65. The topological polar surface area (TPSA) is 71.1 Å². The molecule has 0 fully saturated rings. The first-order chi connectivity index (χ1) is 10.8. The summed E-state index contributed by atoms with van der Waals surface area (Å²) in [6.07, 6.45) is 3.51. The van der Waals surface area contributed by atoms with Crippen LogP contribution >= 0.6 is 11.3 Å². The first-order valence-electron chi connectivity index (χ1n) is 7.23. The monoisotopic (exact) mass is 317 g/mol. The molecular weight excluding hydrogens is 298 g/mol. The van der Waals surface area contributed by atoms with Gasteiger partial charge in [-0.2, -0.15) is 11.3 Å². The molecule has 0 atom stereocenters. The van der Waals surface area contributed by atoms with Crippen molar-refractivity contribution in [2.75, 3.05) is 13.1 Å². The highest BCUT2D eigenvalue weighted by Crippen LogP contribution is 2.05. The average Bonchev–Trinajstić information content (AvgIpc) is 3.07. The maximum atomic E-state index is 11.7. The molecule has 2 N–H and O–H groups in total. The maximum Gasteiger partial charge on any atom is 0.252 e. The lowest BCUT2D eigenvalue weighted by Gasteiger charge is -2.06. The highest BCUT2D eigenvalue weighted by atomic mass is 32.1. The first kappa shape index (κ1) is 16.2. The minimum atomic E-state index is -0.0863. The van der Waals surface area contributed by atoms with Crippen molar-refractivity contribution < 1.29 is 9.59 Å². The molecule has 116 valence electrons. The molecular formula is C16H19N3O2S. The zero-order chi connectivity index (χ0) is 15.6. The minimum absolute atomic E-state index is 0.000661. The Morgan fingerprint density at radius 2 is 2.05 bits per heavy atom. The summed E-state index contributed by atoms with van der Waals surface area (Å²) in [6.45, 7) is 1.08. The predicted molar refractivity (Wildman–Crippen MR) is 86.8 cm³/mol. The summed E-state index contributed by atoms with van der Waals surface area (Å²) in [6, 6.07) is 7.52. The van der Waals surface area contributed by atoms with Crippen LogP contribution < -0.4 is 10.6 Å². The van der Waals surface area contributed by atoms with Crippen molar-refractivity contribution in [2.24, 2.45) is 0 Å². The van der Waals surface area contributed by atoms with Crippen molar-refractivity contribution in [2.45, 2.75) is 19.3 Å². The van der Waals surface area contributed by atoms with E-state index in [-0.39, 0.29) is 11.8 Å². The molecule has 0 radical (unpaired) electrons. The summed E-state index contributed by atoms with van der Waals surface area (Å²) in [5.74, 6) is -0.0856. The van der Waals surface area contributed by atoms with Crippen molar-refractivity contribution >= 4 is 23.2 Å². The lowest BCUT2D eigenvalue weighted by atomic mass is 10.2. The first-order valence-corrected chi connectivity index (χ1v) is 8.17. The van der Waals surface area contributed by atoms with Crippen LogP contribution in [-0.4, -0.2) is 29.9 Å². The van der Waals surface area contributed by atoms with E-state index in [0.717, 1.165) is 12.1 Å². The third-order valence-electron chi connectivity index (χ3n) is 3.08. The van der Waals surface area contributed by atoms with Gasteiger partial charge in [0.15, 0.2) is 0 Å². The summed E-state index contributed by atoms with van der Waals surface area (Å²) in [5, 5.41) is 9.33. The van der Waals surface area contributed by atoms with Gasteiger partial charge in [0, 0.05) is 48.8 Å². The highest BCUT2D eigenvalue weighted by molar-refractivity contribution is 7.08. The summed E-state index contributed by atoms with van der Waals surface area (Å²) in [4.78, 5) is 27.5. The van der Waals surface area contributed by atoms with Crippen molar-refractivity contribution in [1.82, 2.24) is 15.6 Å². The third-order valence-corrected chi connectivity index (χ3v) is 3.76. The molecule has 2 rings (SSSR count). The second-order valence-corrected chi connectivity index (χ2v) is 5.57. The fourth-order valence-electron chi connectivity index (χ4n) is 1.91. The largest absolute Gasteiger partial charge is 0.356 e. The number of pyridine rings is 1. The van der Waals surface area contributed by atoms with Crippen LogP contribution in [0.2, 0.25) is 0 Å². The van der Waals surface area contributed by atoms with E-state index in [2.05, 4.69) is 15.6 Å². The minimum Gasteiger partial charge on any atom is -0.356 e. The van der Waals surface area contributed by atoms with Gasteiger partial charge >= 0.3 is 0 Å². The van der Waals surface area contributed by atoms with Crippen LogP contribution in [0.1, 0.15) is 28.9 Å². The van der Waals surface area contributed by atoms with Gasteiger partial charge in [-0.1, -0.05) is 6.07 Å². The molecule has 0 saturated carbocycles. The molecule has 0 aromatic carbocycles. The molecule has 5 nitrogen and oxygen atoms in total. The molecule has 22 heavy (non-hydrogen) atoms. The van der Waals surface area contributed by atoms with Crippen LogP contribution in [0.3, 0.4) is 0 Å². The van der Waals surface area contributed by atoms with E-state index in [4.69, 9.17) is 0 Å². The van der Waals surface area contributed by atoms with Gasteiger partial charge in [0.2, 0.25) is 5.91 Å². The summed E-state index contributed by atoms with van der Waals surface area (Å²) in [5.41, 5.74) is 1.63. The smallest absolute Gasteiger partial charge is 0.252 e. The summed E-state index contributed by atoms with van der Waals surface area (Å²) >= 11 is 1.49. The van der Waals surface area contributed by atoms with Gasteiger partial charge in [-0.25, -0.2) is 0 Å². The van der Waals surface area contributed by atoms with Gasteiger partial charge < -0.3 is 10.6 Å². The molecule has 0 bridgehead atoms. The van der Waals surface area contributed by atoms with E-state index in [9.17, 15) is 9.59 Å². The normalized spacial score (nSPS) is 10.2. The number of thiophene rings is 1. The van der Waals surface area contributed by atoms with Gasteiger partial charge in [-0.15, -0.1) is 0 Å². The number of nitrogens with zero attached hydrogens (tertiary/aromatic N) is 1. The fraction of sp³-hybridized carbons (Fsp3) is 0.312. The lowest BCUT2D eigenvalue weighted by Crippen LogP contribution is -2.28. The Hall–Kier alpha value is -2.21. The number of nitrogens with one attached hydrogen (secondary N) is 2. The molecule has 2 amide bonds. The van der Waals surface area contributed by atoms with Crippen molar-refractivity contribution in [3.63, 3.8) is 0 Å². The Labute approximate surface area is 133 Å². The van der Waals surface area contributed by atoms with E-state index in [1.54, 1.807) is 17.6 Å². The van der Waals surface area contributed by atoms with Gasteiger partial charge in [-0.05, 0) is 30.0 Å². The molecule has 0 aliphatic carbocycles. The van der Waals surface area contributed by atoms with Crippen molar-refractivity contribution in [3.05, 3.63) is 52.5 Å². The number of amides is 2. The number of rotatable bonds is 8. The van der Waals surface area contributed by atoms with Gasteiger partial charge in [0.1, 0.15) is 0 Å². The molecule has 2 aromatic rings. The molecule has 0 aliphatic rings. The van der Waals surface area contributed by atoms with E-state index >= 15 is 0 Å². The molecule has 2 aromatic heterocycles. The van der Waals surface area contributed by atoms with Crippen LogP contribution in [0.5, 0.6) is 0 Å². The number of carbonyl (C=O) groups excluding carboxylic acids is 2. The van der Waals surface area contributed by atoms with Crippen LogP contribution in [-0.2, 0) is 11.2 Å². The lowest BCUT2D eigenvalue weighted by molar-refractivity contribution is -0.121. The average molecular weight is 317 g/mol. The molecule has 0 saturated heterocycles. The molecule has 0 aliphatic heterocycles. The van der Waals surface area contributed by atoms with Gasteiger partial charge in [0.05, 0.1) is 0 Å². The fourth-order valence-corrected chi connectivity index (χ4v) is 2.55.